The highest BCUT2D eigenvalue weighted by Crippen LogP contribution is 2.43. The third-order valence-electron chi connectivity index (χ3n) is 7.00. The van der Waals surface area contributed by atoms with E-state index in [1.54, 1.807) is 4.57 Å². The molecular weight excluding hydrogens is 490 g/mol. The van der Waals surface area contributed by atoms with Crippen LogP contribution < -0.4 is 19.8 Å². The Bertz CT molecular complexity index is 1530. The van der Waals surface area contributed by atoms with Gasteiger partial charge in [0.05, 0.1) is 16.3 Å². The van der Waals surface area contributed by atoms with E-state index < -0.39 is 6.04 Å². The molecule has 1 atom stereocenters. The summed E-state index contributed by atoms with van der Waals surface area (Å²) in [6.07, 6.45) is 3.07. The van der Waals surface area contributed by atoms with Crippen molar-refractivity contribution in [3.05, 3.63) is 95.6 Å². The van der Waals surface area contributed by atoms with Gasteiger partial charge in [0.1, 0.15) is 0 Å². The number of carbonyl (C=O) groups is 1. The first-order chi connectivity index (χ1) is 17.2. The molecule has 0 saturated carbocycles. The lowest BCUT2D eigenvalue weighted by Gasteiger charge is -2.35. The average molecular weight is 520 g/mol. The van der Waals surface area contributed by atoms with Gasteiger partial charge >= 0.3 is 0 Å². The lowest BCUT2D eigenvalue weighted by molar-refractivity contribution is -0.118. The van der Waals surface area contributed by atoms with Gasteiger partial charge in [0.2, 0.25) is 0 Å². The summed E-state index contributed by atoms with van der Waals surface area (Å²) in [7, 11) is 0. The van der Waals surface area contributed by atoms with E-state index in [1.807, 2.05) is 42.5 Å². The maximum atomic E-state index is 13.8. The molecule has 186 valence electrons. The number of hydrogen-bond donors (Lipinski definition) is 0. The highest BCUT2D eigenvalue weighted by Gasteiger charge is 2.40. The van der Waals surface area contributed by atoms with Crippen molar-refractivity contribution >= 4 is 40.5 Å². The van der Waals surface area contributed by atoms with E-state index in [2.05, 4.69) is 44.7 Å². The molecular formula is C29H30ClN3O2S. The van der Waals surface area contributed by atoms with Crippen molar-refractivity contribution in [3.63, 3.8) is 0 Å². The van der Waals surface area contributed by atoms with E-state index in [4.69, 9.17) is 16.6 Å². The zero-order valence-corrected chi connectivity index (χ0v) is 22.6. The highest BCUT2D eigenvalue weighted by molar-refractivity contribution is 7.07. The number of nitrogens with zero attached hydrogens (tertiary/aromatic N) is 3. The van der Waals surface area contributed by atoms with E-state index in [0.717, 1.165) is 35.6 Å². The summed E-state index contributed by atoms with van der Waals surface area (Å²) in [5.41, 5.74) is 4.13. The Hall–Kier alpha value is -2.96. The third kappa shape index (κ3) is 4.48. The minimum absolute atomic E-state index is 0.0613. The molecule has 0 spiro atoms. The molecule has 0 N–H and O–H groups in total. The van der Waals surface area contributed by atoms with Crippen LogP contribution in [0.4, 0.5) is 5.69 Å². The SMILES string of the molecule is CCN(CC)c1ccc(C=c2sc3n(c2=O)C(c2ccc(Cl)cc2)C2=C(CC(C)(C)CC2=O)N=3)cc1. The zero-order valence-electron chi connectivity index (χ0n) is 21.0. The third-order valence-corrected chi connectivity index (χ3v) is 8.24. The van der Waals surface area contributed by atoms with Crippen LogP contribution in [-0.2, 0) is 4.79 Å². The number of thiazole rings is 1. The fraction of sp³-hybridized carbons (Fsp3) is 0.345. The van der Waals surface area contributed by atoms with E-state index in [1.165, 1.54) is 11.3 Å². The Kier molecular flexibility index (Phi) is 6.52. The number of hydrogen-bond acceptors (Lipinski definition) is 5. The van der Waals surface area contributed by atoms with E-state index in [-0.39, 0.29) is 16.8 Å². The van der Waals surface area contributed by atoms with Crippen LogP contribution in [0.15, 0.2) is 69.6 Å². The average Bonchev–Trinajstić information content (AvgIpc) is 3.14. The molecule has 1 aromatic heterocycles. The quantitative estimate of drug-likeness (QED) is 0.471. The van der Waals surface area contributed by atoms with Gasteiger partial charge in [0.15, 0.2) is 10.6 Å². The Morgan fingerprint density at radius 1 is 1.06 bits per heavy atom. The summed E-state index contributed by atoms with van der Waals surface area (Å²) in [6.45, 7) is 10.4. The zero-order chi connectivity index (χ0) is 25.6. The van der Waals surface area contributed by atoms with Gasteiger partial charge in [0, 0.05) is 35.8 Å². The van der Waals surface area contributed by atoms with Crippen LogP contribution >= 0.6 is 22.9 Å². The monoisotopic (exact) mass is 519 g/mol. The maximum Gasteiger partial charge on any atom is 0.271 e. The number of anilines is 1. The maximum absolute atomic E-state index is 13.8. The molecule has 5 nitrogen and oxygen atoms in total. The number of aromatic nitrogens is 1. The second-order valence-corrected chi connectivity index (χ2v) is 11.6. The molecule has 0 amide bonds. The van der Waals surface area contributed by atoms with Gasteiger partial charge in [-0.05, 0) is 67.2 Å². The van der Waals surface area contributed by atoms with Crippen molar-refractivity contribution in [2.45, 2.75) is 46.6 Å². The van der Waals surface area contributed by atoms with Crippen molar-refractivity contribution < 1.29 is 4.79 Å². The molecule has 2 aliphatic rings. The molecule has 1 aliphatic heterocycles. The molecule has 2 heterocycles. The van der Waals surface area contributed by atoms with Crippen LogP contribution in [0.25, 0.3) is 6.08 Å². The normalized spacial score (nSPS) is 19.1. The molecule has 0 saturated heterocycles. The van der Waals surface area contributed by atoms with Crippen LogP contribution in [0.3, 0.4) is 0 Å². The number of fused-ring (bicyclic) bond motifs is 1. The number of carbonyl (C=O) groups excluding carboxylic acids is 1. The molecule has 3 aromatic rings. The van der Waals surface area contributed by atoms with Crippen molar-refractivity contribution in [1.82, 2.24) is 4.57 Å². The number of ketones is 1. The van der Waals surface area contributed by atoms with Gasteiger partial charge < -0.3 is 4.90 Å². The fourth-order valence-corrected chi connectivity index (χ4v) is 6.38. The molecule has 7 heteroatoms. The minimum Gasteiger partial charge on any atom is -0.372 e. The van der Waals surface area contributed by atoms with Gasteiger partial charge in [-0.2, -0.15) is 0 Å². The van der Waals surface area contributed by atoms with Crippen molar-refractivity contribution in [2.24, 2.45) is 10.4 Å². The summed E-state index contributed by atoms with van der Waals surface area (Å²) >= 11 is 7.54. The molecule has 1 aliphatic carbocycles. The van der Waals surface area contributed by atoms with Crippen molar-refractivity contribution in [1.29, 1.82) is 0 Å². The topological polar surface area (TPSA) is 54.7 Å². The summed E-state index contributed by atoms with van der Waals surface area (Å²) < 4.78 is 2.30. The van der Waals surface area contributed by atoms with Crippen LogP contribution in [0, 0.1) is 5.41 Å². The number of Topliss-reactive ketones (excluding diaryl/α,β-unsaturated/α-hetero) is 1. The summed E-state index contributed by atoms with van der Waals surface area (Å²) in [4.78, 5) is 34.9. The minimum atomic E-state index is -0.496. The molecule has 36 heavy (non-hydrogen) atoms. The van der Waals surface area contributed by atoms with Gasteiger partial charge in [-0.1, -0.05) is 61.1 Å². The van der Waals surface area contributed by atoms with Gasteiger partial charge in [0.25, 0.3) is 5.56 Å². The van der Waals surface area contributed by atoms with Crippen molar-refractivity contribution in [3.8, 4) is 0 Å². The lowest BCUT2D eigenvalue weighted by atomic mass is 9.73. The van der Waals surface area contributed by atoms with E-state index >= 15 is 0 Å². The first-order valence-corrected chi connectivity index (χ1v) is 13.6. The largest absolute Gasteiger partial charge is 0.372 e. The summed E-state index contributed by atoms with van der Waals surface area (Å²) in [5.74, 6) is 0.0613. The van der Waals surface area contributed by atoms with Crippen LogP contribution in [0.5, 0.6) is 0 Å². The smallest absolute Gasteiger partial charge is 0.271 e. The first-order valence-electron chi connectivity index (χ1n) is 12.4. The van der Waals surface area contributed by atoms with Crippen LogP contribution in [0.2, 0.25) is 5.02 Å². The Balaban J connectivity index is 1.66. The summed E-state index contributed by atoms with van der Waals surface area (Å²) in [5, 5.41) is 0.615. The lowest BCUT2D eigenvalue weighted by Crippen LogP contribution is -2.42. The standard InChI is InChI=1S/C29H30ClN3O2S/c1-5-32(6-2)21-13-7-18(8-14-21)15-24-27(35)33-26(19-9-11-20(30)12-10-19)25-22(31-28(33)36-24)16-29(3,4)17-23(25)34/h7-15,26H,5-6,16-17H2,1-4H3. The molecule has 0 radical (unpaired) electrons. The molecule has 5 rings (SSSR count). The first kappa shape index (κ1) is 24.7. The van der Waals surface area contributed by atoms with Crippen LogP contribution in [-0.4, -0.2) is 23.4 Å². The Labute approximate surface area is 220 Å². The molecule has 1 unspecified atom stereocenters. The van der Waals surface area contributed by atoms with Crippen molar-refractivity contribution in [2.75, 3.05) is 18.0 Å². The Morgan fingerprint density at radius 3 is 2.36 bits per heavy atom. The molecule has 0 bridgehead atoms. The molecule has 2 aromatic carbocycles. The van der Waals surface area contributed by atoms with Gasteiger partial charge in [-0.3, -0.25) is 14.2 Å². The van der Waals surface area contributed by atoms with Crippen LogP contribution in [0.1, 0.15) is 57.7 Å². The summed E-state index contributed by atoms with van der Waals surface area (Å²) in [6, 6.07) is 15.2. The number of halogens is 1. The fourth-order valence-electron chi connectivity index (χ4n) is 5.23. The number of benzene rings is 2. The second-order valence-electron chi connectivity index (χ2n) is 10.2. The van der Waals surface area contributed by atoms with Gasteiger partial charge in [-0.25, -0.2) is 4.99 Å². The Morgan fingerprint density at radius 2 is 1.72 bits per heavy atom. The number of allylic oxidation sites excluding steroid dienone is 2. The predicted molar refractivity (Wildman–Crippen MR) is 148 cm³/mol. The predicted octanol–water partition coefficient (Wildman–Crippen LogP) is 5.10. The highest BCUT2D eigenvalue weighted by atomic mass is 35.5. The number of rotatable bonds is 5. The van der Waals surface area contributed by atoms with E-state index in [9.17, 15) is 9.59 Å². The van der Waals surface area contributed by atoms with E-state index in [0.29, 0.717) is 32.8 Å². The van der Waals surface area contributed by atoms with Gasteiger partial charge in [-0.15, -0.1) is 0 Å². The second kappa shape index (κ2) is 9.49. The molecule has 0 fully saturated rings.